The largest absolute Gasteiger partial charge is 0.407 e. The highest BCUT2D eigenvalue weighted by molar-refractivity contribution is 6.19. The number of aliphatic imine (C=N–C) groups is 2. The summed E-state index contributed by atoms with van der Waals surface area (Å²) in [5.74, 6) is -0.638. The summed E-state index contributed by atoms with van der Waals surface area (Å²) < 4.78 is 12.8. The molecule has 186 valence electrons. The van der Waals surface area contributed by atoms with Gasteiger partial charge in [-0.2, -0.15) is 4.99 Å². The molecular formula is C28H26N6O3. The molecule has 0 fully saturated rings. The van der Waals surface area contributed by atoms with E-state index in [0.717, 1.165) is 22.0 Å². The SMILES string of the molecule is COCCn1ccc2cccc(C(=N)O/C(N)=N/C3N=C(c4ccccc4)c4ccccc4NC3=O)c21. The Morgan fingerprint density at radius 3 is 2.68 bits per heavy atom. The summed E-state index contributed by atoms with van der Waals surface area (Å²) in [7, 11) is 1.64. The lowest BCUT2D eigenvalue weighted by Crippen LogP contribution is -2.29. The van der Waals surface area contributed by atoms with Gasteiger partial charge in [-0.15, -0.1) is 0 Å². The number of nitrogens with one attached hydrogen (secondary N) is 2. The molecule has 1 aromatic heterocycles. The van der Waals surface area contributed by atoms with Gasteiger partial charge in [0.15, 0.2) is 0 Å². The van der Waals surface area contributed by atoms with Gasteiger partial charge in [-0.3, -0.25) is 10.2 Å². The quantitative estimate of drug-likeness (QED) is 0.279. The van der Waals surface area contributed by atoms with Crippen LogP contribution in [0.25, 0.3) is 10.9 Å². The number of amidine groups is 1. The highest BCUT2D eigenvalue weighted by atomic mass is 16.5. The minimum atomic E-state index is -1.20. The number of benzodiazepines with no additional fused rings is 1. The second-order valence-corrected chi connectivity index (χ2v) is 8.40. The van der Waals surface area contributed by atoms with E-state index in [0.29, 0.717) is 30.1 Å². The van der Waals surface area contributed by atoms with Crippen molar-refractivity contribution < 1.29 is 14.3 Å². The van der Waals surface area contributed by atoms with Crippen LogP contribution in [0.2, 0.25) is 0 Å². The van der Waals surface area contributed by atoms with Crippen LogP contribution in [0.4, 0.5) is 5.69 Å². The lowest BCUT2D eigenvalue weighted by atomic mass is 10.0. The minimum Gasteiger partial charge on any atom is -0.407 e. The number of rotatable bonds is 6. The fourth-order valence-corrected chi connectivity index (χ4v) is 4.29. The van der Waals surface area contributed by atoms with Crippen LogP contribution in [0, 0.1) is 5.41 Å². The van der Waals surface area contributed by atoms with Gasteiger partial charge < -0.3 is 25.1 Å². The molecule has 0 aliphatic carbocycles. The molecular weight excluding hydrogens is 468 g/mol. The van der Waals surface area contributed by atoms with Crippen LogP contribution in [0.5, 0.6) is 0 Å². The van der Waals surface area contributed by atoms with Crippen LogP contribution in [-0.4, -0.2) is 48.0 Å². The molecule has 4 N–H and O–H groups in total. The van der Waals surface area contributed by atoms with Crippen LogP contribution >= 0.6 is 0 Å². The van der Waals surface area contributed by atoms with Crippen molar-refractivity contribution in [3.8, 4) is 0 Å². The summed E-state index contributed by atoms with van der Waals surface area (Å²) in [5, 5.41) is 12.4. The molecule has 2 heterocycles. The van der Waals surface area contributed by atoms with E-state index < -0.39 is 12.1 Å². The summed E-state index contributed by atoms with van der Waals surface area (Å²) in [6.07, 6.45) is 0.738. The molecule has 0 saturated carbocycles. The van der Waals surface area contributed by atoms with Gasteiger partial charge in [0, 0.05) is 36.4 Å². The molecule has 1 amide bonds. The summed E-state index contributed by atoms with van der Waals surface area (Å²) in [4.78, 5) is 21.9. The van der Waals surface area contributed by atoms with E-state index in [2.05, 4.69) is 15.3 Å². The third-order valence-corrected chi connectivity index (χ3v) is 6.00. The number of benzene rings is 3. The van der Waals surface area contributed by atoms with Gasteiger partial charge in [0.05, 0.1) is 29.1 Å². The number of fused-ring (bicyclic) bond motifs is 2. The zero-order valence-corrected chi connectivity index (χ0v) is 20.2. The first-order valence-corrected chi connectivity index (χ1v) is 11.8. The lowest BCUT2D eigenvalue weighted by molar-refractivity contribution is -0.117. The van der Waals surface area contributed by atoms with Crippen molar-refractivity contribution in [2.24, 2.45) is 15.7 Å². The summed E-state index contributed by atoms with van der Waals surface area (Å²) in [5.41, 5.74) is 10.3. The second-order valence-electron chi connectivity index (χ2n) is 8.40. The molecule has 1 aliphatic heterocycles. The van der Waals surface area contributed by atoms with Crippen molar-refractivity contribution >= 4 is 40.1 Å². The zero-order valence-electron chi connectivity index (χ0n) is 20.2. The highest BCUT2D eigenvalue weighted by Gasteiger charge is 2.26. The standard InChI is InChI=1S/C28H26N6O3/c1-36-17-16-34-15-14-19-10-7-12-21(24(19)34)25(29)37-28(30)33-26-27(35)31-22-13-6-5-11-20(22)23(32-26)18-8-3-2-4-9-18/h2-15,26,29H,16-17H2,1H3,(H2,30,33)(H,31,35). The first-order valence-electron chi connectivity index (χ1n) is 11.8. The number of nitrogens with zero attached hydrogens (tertiary/aromatic N) is 3. The summed E-state index contributed by atoms with van der Waals surface area (Å²) >= 11 is 0. The van der Waals surface area contributed by atoms with Crippen LogP contribution in [-0.2, 0) is 20.8 Å². The minimum absolute atomic E-state index is 0.186. The summed E-state index contributed by atoms with van der Waals surface area (Å²) in [6.45, 7) is 1.14. The molecule has 37 heavy (non-hydrogen) atoms. The Morgan fingerprint density at radius 1 is 1.08 bits per heavy atom. The maximum Gasteiger partial charge on any atom is 0.291 e. The Labute approximate surface area is 213 Å². The third-order valence-electron chi connectivity index (χ3n) is 6.00. The van der Waals surface area contributed by atoms with E-state index >= 15 is 0 Å². The maximum atomic E-state index is 13.0. The number of methoxy groups -OCH3 is 1. The number of carbonyl (C=O) groups is 1. The number of anilines is 1. The number of aromatic nitrogens is 1. The van der Waals surface area contributed by atoms with Gasteiger partial charge >= 0.3 is 0 Å². The van der Waals surface area contributed by atoms with E-state index in [1.54, 1.807) is 13.2 Å². The van der Waals surface area contributed by atoms with Gasteiger partial charge in [0.2, 0.25) is 12.1 Å². The molecule has 0 spiro atoms. The molecule has 0 radical (unpaired) electrons. The number of nitrogens with two attached hydrogens (primary N) is 1. The first kappa shape index (κ1) is 24.0. The Morgan fingerprint density at radius 2 is 1.86 bits per heavy atom. The van der Waals surface area contributed by atoms with E-state index in [-0.39, 0.29) is 11.9 Å². The Hall–Kier alpha value is -4.76. The molecule has 1 unspecified atom stereocenters. The van der Waals surface area contributed by atoms with Gasteiger partial charge in [-0.25, -0.2) is 4.99 Å². The molecule has 1 atom stereocenters. The molecule has 1 aliphatic rings. The van der Waals surface area contributed by atoms with Crippen LogP contribution in [0.1, 0.15) is 16.7 Å². The van der Waals surface area contributed by atoms with Crippen molar-refractivity contribution in [1.82, 2.24) is 4.57 Å². The zero-order chi connectivity index (χ0) is 25.8. The smallest absolute Gasteiger partial charge is 0.291 e. The molecule has 9 nitrogen and oxygen atoms in total. The van der Waals surface area contributed by atoms with Gasteiger partial charge in [0.25, 0.3) is 11.9 Å². The molecule has 5 rings (SSSR count). The van der Waals surface area contributed by atoms with Crippen molar-refractivity contribution in [3.05, 3.63) is 102 Å². The fraction of sp³-hybridized carbons (Fsp3) is 0.143. The van der Waals surface area contributed by atoms with E-state index in [1.807, 2.05) is 83.6 Å². The molecule has 0 saturated heterocycles. The Balaban J connectivity index is 1.46. The van der Waals surface area contributed by atoms with Crippen LogP contribution in [0.15, 0.2) is 95.0 Å². The number of carbonyl (C=O) groups excluding carboxylic acids is 1. The molecule has 4 aromatic rings. The summed E-state index contributed by atoms with van der Waals surface area (Å²) in [6, 6.07) is 24.2. The first-order chi connectivity index (χ1) is 18.0. The topological polar surface area (TPSA) is 127 Å². The van der Waals surface area contributed by atoms with Gasteiger partial charge in [0.1, 0.15) is 0 Å². The molecule has 3 aromatic carbocycles. The number of hydrogen-bond donors (Lipinski definition) is 3. The predicted octanol–water partition coefficient (Wildman–Crippen LogP) is 3.76. The van der Waals surface area contributed by atoms with Gasteiger partial charge in [-0.05, 0) is 18.2 Å². The van der Waals surface area contributed by atoms with Crippen molar-refractivity contribution in [2.45, 2.75) is 12.7 Å². The predicted molar refractivity (Wildman–Crippen MR) is 144 cm³/mol. The monoisotopic (exact) mass is 494 g/mol. The number of ether oxygens (including phenoxy) is 2. The highest BCUT2D eigenvalue weighted by Crippen LogP contribution is 2.25. The normalized spacial score (nSPS) is 15.5. The van der Waals surface area contributed by atoms with Gasteiger partial charge in [-0.1, -0.05) is 60.7 Å². The van der Waals surface area contributed by atoms with E-state index in [9.17, 15) is 4.79 Å². The van der Waals surface area contributed by atoms with Crippen LogP contribution < -0.4 is 11.1 Å². The van der Waals surface area contributed by atoms with Crippen molar-refractivity contribution in [3.63, 3.8) is 0 Å². The average Bonchev–Trinajstić information content (AvgIpc) is 3.27. The Kier molecular flexibility index (Phi) is 6.78. The number of hydrogen-bond acceptors (Lipinski definition) is 6. The molecule has 9 heteroatoms. The maximum absolute atomic E-state index is 13.0. The lowest BCUT2D eigenvalue weighted by Gasteiger charge is -2.12. The van der Waals surface area contributed by atoms with Crippen molar-refractivity contribution in [1.29, 1.82) is 5.41 Å². The van der Waals surface area contributed by atoms with E-state index in [1.165, 1.54) is 0 Å². The average molecular weight is 495 g/mol. The van der Waals surface area contributed by atoms with Crippen LogP contribution in [0.3, 0.4) is 0 Å². The third kappa shape index (κ3) is 4.98. The number of amides is 1. The fourth-order valence-electron chi connectivity index (χ4n) is 4.29. The Bertz CT molecular complexity index is 1520. The second kappa shape index (κ2) is 10.5. The van der Waals surface area contributed by atoms with Crippen molar-refractivity contribution in [2.75, 3.05) is 19.0 Å². The van der Waals surface area contributed by atoms with E-state index in [4.69, 9.17) is 20.6 Å². The molecule has 0 bridgehead atoms. The number of para-hydroxylation sites is 2.